The largest absolute Gasteiger partial charge is 0.495 e. The number of aromatic nitrogens is 3. The summed E-state index contributed by atoms with van der Waals surface area (Å²) in [5.41, 5.74) is 4.99. The van der Waals surface area contributed by atoms with Gasteiger partial charge in [-0.15, -0.1) is 5.10 Å². The van der Waals surface area contributed by atoms with Gasteiger partial charge >= 0.3 is 0 Å². The van der Waals surface area contributed by atoms with Gasteiger partial charge in [-0.05, 0) is 65.7 Å². The van der Waals surface area contributed by atoms with Crippen LogP contribution in [0.4, 0.5) is 21.7 Å². The molecule has 0 aliphatic rings. The molecule has 2 aromatic heterocycles. The quantitative estimate of drug-likeness (QED) is 0.268. The minimum absolute atomic E-state index is 0.158. The summed E-state index contributed by atoms with van der Waals surface area (Å²) in [6, 6.07) is 22.2. The first-order valence-electron chi connectivity index (χ1n) is 12.1. The summed E-state index contributed by atoms with van der Waals surface area (Å²) in [7, 11) is 3.10. The van der Waals surface area contributed by atoms with Gasteiger partial charge in [-0.2, -0.15) is 4.98 Å². The number of hydrogen-bond donors (Lipinski definition) is 3. The maximum Gasteiger partial charge on any atom is 0.251 e. The van der Waals surface area contributed by atoms with Crippen molar-refractivity contribution in [2.24, 2.45) is 0 Å². The van der Waals surface area contributed by atoms with Crippen LogP contribution >= 0.6 is 0 Å². The highest BCUT2D eigenvalue weighted by Crippen LogP contribution is 2.28. The topological polar surface area (TPSA) is 110 Å². The number of nitrogens with one attached hydrogen (secondary N) is 3. The van der Waals surface area contributed by atoms with Crippen molar-refractivity contribution in [3.63, 3.8) is 0 Å². The van der Waals surface area contributed by atoms with Gasteiger partial charge in [-0.3, -0.25) is 9.59 Å². The Hall–Kier alpha value is -5.25. The highest BCUT2D eigenvalue weighted by molar-refractivity contribution is 5.95. The minimum atomic E-state index is -0.333. The average Bonchev–Trinajstić information content (AvgIpc) is 3.36. The number of anilines is 3. The van der Waals surface area contributed by atoms with Gasteiger partial charge in [0.1, 0.15) is 11.6 Å². The van der Waals surface area contributed by atoms with Crippen LogP contribution in [-0.2, 0) is 11.2 Å². The first-order chi connectivity index (χ1) is 18.9. The first kappa shape index (κ1) is 25.4. The number of nitrogens with zero attached hydrogens (tertiary/aromatic N) is 3. The van der Waals surface area contributed by atoms with E-state index in [9.17, 15) is 14.0 Å². The van der Waals surface area contributed by atoms with E-state index in [0.29, 0.717) is 34.3 Å². The van der Waals surface area contributed by atoms with Crippen LogP contribution in [0.5, 0.6) is 5.75 Å². The molecule has 9 nitrogen and oxygen atoms in total. The van der Waals surface area contributed by atoms with E-state index in [1.165, 1.54) is 19.2 Å². The Kier molecular flexibility index (Phi) is 7.17. The highest BCUT2D eigenvalue weighted by Gasteiger charge is 2.12. The van der Waals surface area contributed by atoms with Gasteiger partial charge in [-0.25, -0.2) is 8.91 Å². The molecule has 5 rings (SSSR count). The second-order valence-corrected chi connectivity index (χ2v) is 8.70. The second kappa shape index (κ2) is 11.0. The molecule has 196 valence electrons. The predicted molar refractivity (Wildman–Crippen MR) is 147 cm³/mol. The van der Waals surface area contributed by atoms with Gasteiger partial charge in [-0.1, -0.05) is 24.3 Å². The smallest absolute Gasteiger partial charge is 0.251 e. The molecule has 0 bridgehead atoms. The molecule has 0 saturated carbocycles. The van der Waals surface area contributed by atoms with E-state index in [0.717, 1.165) is 16.7 Å². The SMILES string of the molecule is CNC(=O)c1ccc(Nc2nc3ccc(-c4ccc(NC(=O)Cc5ccc(F)cc5)cc4)cn3n2)c(OC)c1. The van der Waals surface area contributed by atoms with Gasteiger partial charge < -0.3 is 20.7 Å². The predicted octanol–water partition coefficient (Wildman–Crippen LogP) is 4.83. The van der Waals surface area contributed by atoms with E-state index >= 15 is 0 Å². The van der Waals surface area contributed by atoms with E-state index in [1.807, 2.05) is 42.6 Å². The van der Waals surface area contributed by atoms with E-state index in [2.05, 4.69) is 26.0 Å². The summed E-state index contributed by atoms with van der Waals surface area (Å²) in [6.45, 7) is 0. The van der Waals surface area contributed by atoms with Crippen LogP contribution in [0, 0.1) is 5.82 Å². The van der Waals surface area contributed by atoms with Crippen LogP contribution in [0.3, 0.4) is 0 Å². The monoisotopic (exact) mass is 524 g/mol. The number of amides is 2. The summed E-state index contributed by atoms with van der Waals surface area (Å²) in [5, 5.41) is 13.1. The number of fused-ring (bicyclic) bond motifs is 1. The number of carbonyl (C=O) groups is 2. The molecule has 0 radical (unpaired) electrons. The van der Waals surface area contributed by atoms with Crippen LogP contribution < -0.4 is 20.7 Å². The van der Waals surface area contributed by atoms with Gasteiger partial charge in [0.05, 0.1) is 19.2 Å². The third-order valence-electron chi connectivity index (χ3n) is 6.05. The molecule has 39 heavy (non-hydrogen) atoms. The van der Waals surface area contributed by atoms with Crippen molar-refractivity contribution in [1.29, 1.82) is 0 Å². The van der Waals surface area contributed by atoms with E-state index in [-0.39, 0.29) is 24.1 Å². The number of ether oxygens (including phenoxy) is 1. The molecule has 0 unspecified atom stereocenters. The second-order valence-electron chi connectivity index (χ2n) is 8.70. The van der Waals surface area contributed by atoms with E-state index in [4.69, 9.17) is 4.74 Å². The van der Waals surface area contributed by atoms with Gasteiger partial charge in [0.25, 0.3) is 5.91 Å². The van der Waals surface area contributed by atoms with Crippen LogP contribution in [0.2, 0.25) is 0 Å². The zero-order valence-corrected chi connectivity index (χ0v) is 21.2. The minimum Gasteiger partial charge on any atom is -0.495 e. The van der Waals surface area contributed by atoms with Gasteiger partial charge in [0, 0.05) is 30.1 Å². The lowest BCUT2D eigenvalue weighted by atomic mass is 10.1. The van der Waals surface area contributed by atoms with E-state index in [1.54, 1.807) is 41.9 Å². The Balaban J connectivity index is 1.28. The third-order valence-corrected chi connectivity index (χ3v) is 6.05. The van der Waals surface area contributed by atoms with Crippen molar-refractivity contribution in [3.05, 3.63) is 102 Å². The van der Waals surface area contributed by atoms with Crippen molar-refractivity contribution in [2.75, 3.05) is 24.8 Å². The average molecular weight is 525 g/mol. The molecule has 0 spiro atoms. The van der Waals surface area contributed by atoms with Crippen LogP contribution in [-0.4, -0.2) is 40.6 Å². The number of hydrogen-bond acceptors (Lipinski definition) is 6. The van der Waals surface area contributed by atoms with Crippen LogP contribution in [0.1, 0.15) is 15.9 Å². The maximum absolute atomic E-state index is 13.1. The molecule has 0 aliphatic carbocycles. The van der Waals surface area contributed by atoms with Gasteiger partial charge in [0.15, 0.2) is 5.65 Å². The standard InChI is InChI=1S/C29H25FN6O3/c1-31-28(38)20-7-13-24(25(16-20)39-2)33-29-34-26-14-8-21(17-36(26)35-29)19-5-11-23(12-6-19)32-27(37)15-18-3-9-22(30)10-4-18/h3-14,16-17H,15H2,1-2H3,(H,31,38)(H,32,37)(H,33,35). The molecule has 0 fully saturated rings. The van der Waals surface area contributed by atoms with Crippen LogP contribution in [0.25, 0.3) is 16.8 Å². The number of benzene rings is 3. The normalized spacial score (nSPS) is 10.7. The fraction of sp³-hybridized carbons (Fsp3) is 0.103. The molecule has 2 amide bonds. The molecular formula is C29H25FN6O3. The van der Waals surface area contributed by atoms with Crippen molar-refractivity contribution in [1.82, 2.24) is 19.9 Å². The molecule has 10 heteroatoms. The number of methoxy groups -OCH3 is 1. The maximum atomic E-state index is 13.1. The fourth-order valence-electron chi connectivity index (χ4n) is 4.05. The van der Waals surface area contributed by atoms with Crippen molar-refractivity contribution in [2.45, 2.75) is 6.42 Å². The molecule has 0 aliphatic heterocycles. The molecule has 5 aromatic rings. The molecule has 3 aromatic carbocycles. The van der Waals surface area contributed by atoms with Crippen molar-refractivity contribution < 1.29 is 18.7 Å². The number of carbonyl (C=O) groups excluding carboxylic acids is 2. The molecule has 2 heterocycles. The Morgan fingerprint density at radius 2 is 1.69 bits per heavy atom. The number of pyridine rings is 1. The fourth-order valence-corrected chi connectivity index (χ4v) is 4.05. The summed E-state index contributed by atoms with van der Waals surface area (Å²) in [5.74, 6) is 0.134. The van der Waals surface area contributed by atoms with Gasteiger partial charge in [0.2, 0.25) is 11.9 Å². The van der Waals surface area contributed by atoms with E-state index < -0.39 is 0 Å². The molecule has 0 atom stereocenters. The Labute approximate surface area is 223 Å². The zero-order chi connectivity index (χ0) is 27.4. The lowest BCUT2D eigenvalue weighted by molar-refractivity contribution is -0.115. The Morgan fingerprint density at radius 3 is 2.41 bits per heavy atom. The highest BCUT2D eigenvalue weighted by atomic mass is 19.1. The summed E-state index contributed by atoms with van der Waals surface area (Å²) in [6.07, 6.45) is 2.02. The Morgan fingerprint density at radius 1 is 0.949 bits per heavy atom. The first-order valence-corrected chi connectivity index (χ1v) is 12.1. The van der Waals surface area contributed by atoms with Crippen LogP contribution in [0.15, 0.2) is 85.1 Å². The zero-order valence-electron chi connectivity index (χ0n) is 21.2. The lowest BCUT2D eigenvalue weighted by Crippen LogP contribution is -2.17. The molecule has 0 saturated heterocycles. The summed E-state index contributed by atoms with van der Waals surface area (Å²) >= 11 is 0. The third kappa shape index (κ3) is 5.85. The number of halogens is 1. The summed E-state index contributed by atoms with van der Waals surface area (Å²) < 4.78 is 20.2. The number of rotatable bonds is 8. The molecule has 3 N–H and O–H groups in total. The lowest BCUT2D eigenvalue weighted by Gasteiger charge is -2.10. The van der Waals surface area contributed by atoms with Crippen molar-refractivity contribution in [3.8, 4) is 16.9 Å². The molecular weight excluding hydrogens is 499 g/mol. The Bertz CT molecular complexity index is 1650. The summed E-state index contributed by atoms with van der Waals surface area (Å²) in [4.78, 5) is 28.8. The van der Waals surface area contributed by atoms with Crippen molar-refractivity contribution >= 4 is 34.8 Å².